The summed E-state index contributed by atoms with van der Waals surface area (Å²) in [5.74, 6) is 1.65. The second-order valence-corrected chi connectivity index (χ2v) is 15.0. The number of nitrogens with zero attached hydrogens (tertiary/aromatic N) is 4. The maximum atomic E-state index is 13.1. The summed E-state index contributed by atoms with van der Waals surface area (Å²) in [7, 11) is -3.76. The van der Waals surface area contributed by atoms with E-state index in [1.165, 1.54) is 46.4 Å². The van der Waals surface area contributed by atoms with Crippen LogP contribution in [0.3, 0.4) is 0 Å². The maximum Gasteiger partial charge on any atom is 0.263 e. The topological polar surface area (TPSA) is 163 Å². The van der Waals surface area contributed by atoms with E-state index in [-0.39, 0.29) is 16.7 Å². The normalized spacial score (nSPS) is 16.0. The Bertz CT molecular complexity index is 1980. The molecule has 0 atom stereocenters. The van der Waals surface area contributed by atoms with E-state index in [0.717, 1.165) is 31.2 Å². The number of sulfonamides is 1. The van der Waals surface area contributed by atoms with Crippen molar-refractivity contribution < 1.29 is 13.2 Å². The first-order valence-electron chi connectivity index (χ1n) is 16.6. The first-order chi connectivity index (χ1) is 24.2. The third-order valence-corrected chi connectivity index (χ3v) is 11.1. The van der Waals surface area contributed by atoms with E-state index in [0.29, 0.717) is 54.2 Å². The molecule has 6 rings (SSSR count). The quantitative estimate of drug-likeness (QED) is 0.0826. The second-order valence-electron chi connectivity index (χ2n) is 12.4. The summed E-state index contributed by atoms with van der Waals surface area (Å²) >= 11 is 1.20. The van der Waals surface area contributed by atoms with Crippen LogP contribution in [-0.4, -0.2) is 40.8 Å². The van der Waals surface area contributed by atoms with Gasteiger partial charge >= 0.3 is 0 Å². The molecule has 0 aliphatic heterocycles. The van der Waals surface area contributed by atoms with Gasteiger partial charge in [0.05, 0.1) is 4.90 Å². The monoisotopic (exact) mass is 711 g/mol. The van der Waals surface area contributed by atoms with Gasteiger partial charge in [0.1, 0.15) is 0 Å². The number of hydrogen-bond donors (Lipinski definition) is 5. The molecule has 0 unspecified atom stereocenters. The number of amides is 1. The third-order valence-electron chi connectivity index (χ3n) is 8.94. The van der Waals surface area contributed by atoms with E-state index in [1.54, 1.807) is 17.5 Å². The minimum absolute atomic E-state index is 0.0564. The highest BCUT2D eigenvalue weighted by Crippen LogP contribution is 2.30. The van der Waals surface area contributed by atoms with Gasteiger partial charge in [-0.05, 0) is 92.0 Å². The molecule has 5 N–H and O–H groups in total. The third kappa shape index (κ3) is 9.33. The zero-order valence-corrected chi connectivity index (χ0v) is 29.7. The molecular weight excluding hydrogens is 671 g/mol. The molecule has 1 aliphatic rings. The highest BCUT2D eigenvalue weighted by atomic mass is 32.2. The summed E-state index contributed by atoms with van der Waals surface area (Å²) in [4.78, 5) is 31.1. The Morgan fingerprint density at radius 1 is 0.800 bits per heavy atom. The number of nitrogens with one attached hydrogen (secondary N) is 5. The first-order valence-corrected chi connectivity index (χ1v) is 19.0. The number of thiazole rings is 1. The fourth-order valence-electron chi connectivity index (χ4n) is 5.84. The molecule has 0 bridgehead atoms. The van der Waals surface area contributed by atoms with Gasteiger partial charge in [-0.2, -0.15) is 15.0 Å². The molecule has 3 aromatic carbocycles. The van der Waals surface area contributed by atoms with E-state index in [2.05, 4.69) is 90.1 Å². The van der Waals surface area contributed by atoms with Gasteiger partial charge in [0.15, 0.2) is 5.13 Å². The lowest BCUT2D eigenvalue weighted by Crippen LogP contribution is -2.29. The lowest BCUT2D eigenvalue weighted by atomic mass is 9.81. The fraction of sp³-hybridized carbons (Fsp3) is 0.306. The van der Waals surface area contributed by atoms with E-state index in [1.807, 2.05) is 18.2 Å². The second kappa shape index (κ2) is 16.1. The Morgan fingerprint density at radius 3 is 2.16 bits per heavy atom. The molecule has 1 saturated carbocycles. The highest BCUT2D eigenvalue weighted by Gasteiger charge is 2.27. The predicted octanol–water partition coefficient (Wildman–Crippen LogP) is 6.83. The van der Waals surface area contributed by atoms with Crippen LogP contribution < -0.4 is 26.0 Å². The number of carbonyl (C=O) groups excluding carboxylic acids is 1. The SMILES string of the molecule is Cc1cccc(CNc2nc(NCc3ccccc3)nc(NC[C@H]3CC[C@H](C(=O)Nc4ccc(S(=O)(=O)Nc5nccs5)cc4)CC3)n2)c1C. The van der Waals surface area contributed by atoms with Crippen LogP contribution in [0.1, 0.15) is 47.9 Å². The number of aryl methyl sites for hydroxylation is 1. The van der Waals surface area contributed by atoms with E-state index in [9.17, 15) is 13.2 Å². The Labute approximate surface area is 296 Å². The number of anilines is 5. The number of hydrogen-bond acceptors (Lipinski definition) is 11. The minimum atomic E-state index is -3.76. The Kier molecular flexibility index (Phi) is 11.2. The summed E-state index contributed by atoms with van der Waals surface area (Å²) in [6.07, 6.45) is 4.81. The van der Waals surface area contributed by atoms with Gasteiger partial charge in [-0.3, -0.25) is 9.52 Å². The van der Waals surface area contributed by atoms with Gasteiger partial charge in [0, 0.05) is 42.8 Å². The molecule has 2 aromatic heterocycles. The van der Waals surface area contributed by atoms with Crippen molar-refractivity contribution in [3.63, 3.8) is 0 Å². The molecule has 50 heavy (non-hydrogen) atoms. The molecule has 1 fully saturated rings. The summed E-state index contributed by atoms with van der Waals surface area (Å²) < 4.78 is 27.7. The smallest absolute Gasteiger partial charge is 0.263 e. The van der Waals surface area contributed by atoms with Gasteiger partial charge in [-0.15, -0.1) is 11.3 Å². The van der Waals surface area contributed by atoms with Crippen LogP contribution in [0, 0.1) is 25.7 Å². The van der Waals surface area contributed by atoms with Crippen LogP contribution in [0.4, 0.5) is 28.7 Å². The first kappa shape index (κ1) is 34.8. The van der Waals surface area contributed by atoms with Crippen molar-refractivity contribution >= 4 is 55.9 Å². The average molecular weight is 712 g/mol. The molecule has 2 heterocycles. The lowest BCUT2D eigenvalue weighted by Gasteiger charge is -2.28. The molecule has 5 aromatic rings. The number of benzene rings is 3. The van der Waals surface area contributed by atoms with Crippen LogP contribution in [0.5, 0.6) is 0 Å². The standard InChI is InChI=1S/C36H41N9O3S2/c1-24-7-6-10-29(25(24)2)23-40-35-43-33(38-21-26-8-4-3-5-9-26)42-34(44-35)39-22-27-11-13-28(14-12-27)32(46)41-30-15-17-31(18-16-30)50(47,48)45-36-37-19-20-49-36/h3-10,15-20,27-28H,11-14,21-23H2,1-2H3,(H,37,45)(H,41,46)(H3,38,39,40,42,43,44)/t27-,28-. The van der Waals surface area contributed by atoms with Crippen LogP contribution in [0.25, 0.3) is 0 Å². The molecule has 1 aliphatic carbocycles. The Morgan fingerprint density at radius 2 is 1.48 bits per heavy atom. The van der Waals surface area contributed by atoms with Crippen molar-refractivity contribution in [2.75, 3.05) is 32.5 Å². The van der Waals surface area contributed by atoms with E-state index < -0.39 is 10.0 Å². The molecule has 14 heteroatoms. The number of rotatable bonds is 14. The molecule has 0 radical (unpaired) electrons. The molecule has 12 nitrogen and oxygen atoms in total. The van der Waals surface area contributed by atoms with Crippen molar-refractivity contribution in [2.24, 2.45) is 11.8 Å². The number of carbonyl (C=O) groups is 1. The van der Waals surface area contributed by atoms with E-state index >= 15 is 0 Å². The van der Waals surface area contributed by atoms with Gasteiger partial charge in [0.2, 0.25) is 23.8 Å². The van der Waals surface area contributed by atoms with E-state index in [4.69, 9.17) is 0 Å². The van der Waals surface area contributed by atoms with Crippen LogP contribution in [-0.2, 0) is 27.9 Å². The summed E-state index contributed by atoms with van der Waals surface area (Å²) in [6.45, 7) is 6.08. The molecule has 0 saturated heterocycles. The molecule has 0 spiro atoms. The van der Waals surface area contributed by atoms with Gasteiger partial charge in [0.25, 0.3) is 10.0 Å². The van der Waals surface area contributed by atoms with Crippen molar-refractivity contribution in [3.8, 4) is 0 Å². The van der Waals surface area contributed by atoms with Crippen molar-refractivity contribution in [1.29, 1.82) is 0 Å². The highest BCUT2D eigenvalue weighted by molar-refractivity contribution is 7.93. The van der Waals surface area contributed by atoms with Crippen molar-refractivity contribution in [2.45, 2.75) is 57.5 Å². The van der Waals surface area contributed by atoms with Crippen LogP contribution in [0.15, 0.2) is 89.3 Å². The summed E-state index contributed by atoms with van der Waals surface area (Å²) in [6, 6.07) is 22.5. The van der Waals surface area contributed by atoms with Gasteiger partial charge < -0.3 is 21.3 Å². The molecular formula is C36H41N9O3S2. The lowest BCUT2D eigenvalue weighted by molar-refractivity contribution is -0.121. The minimum Gasteiger partial charge on any atom is -0.354 e. The fourth-order valence-corrected chi connectivity index (χ4v) is 7.63. The van der Waals surface area contributed by atoms with Crippen LogP contribution in [0.2, 0.25) is 0 Å². The van der Waals surface area contributed by atoms with Crippen molar-refractivity contribution in [3.05, 3.63) is 107 Å². The average Bonchev–Trinajstić information content (AvgIpc) is 3.64. The Hall–Kier alpha value is -5.08. The van der Waals surface area contributed by atoms with Gasteiger partial charge in [-0.1, -0.05) is 48.5 Å². The summed E-state index contributed by atoms with van der Waals surface area (Å²) in [5, 5.41) is 15.1. The van der Waals surface area contributed by atoms with Gasteiger partial charge in [-0.25, -0.2) is 13.4 Å². The van der Waals surface area contributed by atoms with Crippen LogP contribution >= 0.6 is 11.3 Å². The molecule has 260 valence electrons. The predicted molar refractivity (Wildman–Crippen MR) is 199 cm³/mol. The van der Waals surface area contributed by atoms with Crippen molar-refractivity contribution in [1.82, 2.24) is 19.9 Å². The zero-order chi connectivity index (χ0) is 34.9. The largest absolute Gasteiger partial charge is 0.354 e. The Balaban J connectivity index is 1.02. The summed E-state index contributed by atoms with van der Waals surface area (Å²) in [5.41, 5.74) is 5.34. The zero-order valence-electron chi connectivity index (χ0n) is 28.0. The number of aromatic nitrogens is 4. The molecule has 1 amide bonds. The maximum absolute atomic E-state index is 13.1.